The summed E-state index contributed by atoms with van der Waals surface area (Å²) in [6.45, 7) is 0. The van der Waals surface area contributed by atoms with Gasteiger partial charge in [0.1, 0.15) is 28.9 Å². The second-order valence-corrected chi connectivity index (χ2v) is 3.66. The van der Waals surface area contributed by atoms with Gasteiger partial charge in [-0.25, -0.2) is 4.39 Å². The summed E-state index contributed by atoms with van der Waals surface area (Å²) in [5.41, 5.74) is -0.132. The Morgan fingerprint density at radius 2 is 1.76 bits per heavy atom. The van der Waals surface area contributed by atoms with E-state index in [0.717, 1.165) is 0 Å². The summed E-state index contributed by atoms with van der Waals surface area (Å²) in [5.74, 6) is -0.0751. The summed E-state index contributed by atoms with van der Waals surface area (Å²) in [4.78, 5) is 0. The molecule has 4 heteroatoms. The van der Waals surface area contributed by atoms with Crippen LogP contribution in [0, 0.1) is 17.1 Å². The minimum Gasteiger partial charge on any atom is -0.454 e. The van der Waals surface area contributed by atoms with Gasteiger partial charge in [0, 0.05) is 0 Å². The van der Waals surface area contributed by atoms with E-state index in [1.54, 1.807) is 30.3 Å². The molecule has 2 rings (SSSR count). The zero-order valence-corrected chi connectivity index (χ0v) is 9.41. The highest BCUT2D eigenvalue weighted by molar-refractivity contribution is 6.32. The number of hydrogen-bond donors (Lipinski definition) is 0. The fourth-order valence-corrected chi connectivity index (χ4v) is 1.52. The summed E-state index contributed by atoms with van der Waals surface area (Å²) in [5, 5.41) is 9.25. The third-order valence-corrected chi connectivity index (χ3v) is 2.46. The highest BCUT2D eigenvalue weighted by Gasteiger charge is 2.10. The normalized spacial score (nSPS) is 9.71. The van der Waals surface area contributed by atoms with Crippen LogP contribution >= 0.6 is 11.6 Å². The van der Waals surface area contributed by atoms with Crippen LogP contribution in [0.4, 0.5) is 4.39 Å². The molecule has 0 aliphatic rings. The maximum Gasteiger partial charge on any atom is 0.148 e. The van der Waals surface area contributed by atoms with Crippen LogP contribution < -0.4 is 4.74 Å². The SMILES string of the molecule is N#Cc1c(F)cccc1Oc1ccccc1Cl. The zero-order chi connectivity index (χ0) is 12.3. The molecule has 0 heterocycles. The van der Waals surface area contributed by atoms with Crippen molar-refractivity contribution < 1.29 is 9.13 Å². The maximum atomic E-state index is 13.3. The van der Waals surface area contributed by atoms with Crippen LogP contribution in [0.5, 0.6) is 11.5 Å². The average molecular weight is 248 g/mol. The lowest BCUT2D eigenvalue weighted by Crippen LogP contribution is -1.91. The fraction of sp³-hybridized carbons (Fsp3) is 0. The molecular weight excluding hydrogens is 241 g/mol. The van der Waals surface area contributed by atoms with Gasteiger partial charge in [0.25, 0.3) is 0 Å². The van der Waals surface area contributed by atoms with Crippen molar-refractivity contribution in [2.24, 2.45) is 0 Å². The Hall–Kier alpha value is -2.05. The summed E-state index contributed by atoms with van der Waals surface area (Å²) in [6.07, 6.45) is 0. The molecule has 0 bridgehead atoms. The maximum absolute atomic E-state index is 13.3. The van der Waals surface area contributed by atoms with Gasteiger partial charge in [-0.1, -0.05) is 29.8 Å². The number of hydrogen-bond acceptors (Lipinski definition) is 2. The molecule has 2 aromatic rings. The van der Waals surface area contributed by atoms with Gasteiger partial charge in [-0.15, -0.1) is 0 Å². The largest absolute Gasteiger partial charge is 0.454 e. The standard InChI is InChI=1S/C13H7ClFNO/c14-10-4-1-2-6-13(10)17-12-7-3-5-11(15)9(12)8-16/h1-7H. The van der Waals surface area contributed by atoms with Crippen molar-refractivity contribution in [3.05, 3.63) is 58.9 Å². The van der Waals surface area contributed by atoms with Crippen LogP contribution in [0.25, 0.3) is 0 Å². The Morgan fingerprint density at radius 3 is 2.47 bits per heavy atom. The average Bonchev–Trinajstić information content (AvgIpc) is 2.32. The lowest BCUT2D eigenvalue weighted by molar-refractivity contribution is 0.474. The molecule has 0 saturated heterocycles. The summed E-state index contributed by atoms with van der Waals surface area (Å²) in [6, 6.07) is 12.8. The van der Waals surface area contributed by atoms with Crippen LogP contribution in [0.1, 0.15) is 5.56 Å². The molecule has 2 aromatic carbocycles. The van der Waals surface area contributed by atoms with E-state index in [1.807, 2.05) is 0 Å². The van der Waals surface area contributed by atoms with Gasteiger partial charge in [-0.2, -0.15) is 5.26 Å². The highest BCUT2D eigenvalue weighted by atomic mass is 35.5. The van der Waals surface area contributed by atoms with Crippen molar-refractivity contribution in [3.8, 4) is 17.6 Å². The van der Waals surface area contributed by atoms with Gasteiger partial charge in [0.05, 0.1) is 5.02 Å². The van der Waals surface area contributed by atoms with Crippen LogP contribution in [-0.4, -0.2) is 0 Å². The number of ether oxygens (including phenoxy) is 1. The molecule has 84 valence electrons. The lowest BCUT2D eigenvalue weighted by Gasteiger charge is -2.08. The van der Waals surface area contributed by atoms with Crippen molar-refractivity contribution >= 4 is 11.6 Å². The van der Waals surface area contributed by atoms with E-state index in [0.29, 0.717) is 10.8 Å². The summed E-state index contributed by atoms with van der Waals surface area (Å²) in [7, 11) is 0. The molecule has 0 N–H and O–H groups in total. The first-order chi connectivity index (χ1) is 8.22. The molecule has 0 unspecified atom stereocenters. The molecule has 0 atom stereocenters. The Labute approximate surface area is 103 Å². The van der Waals surface area contributed by atoms with Gasteiger partial charge in [0.15, 0.2) is 0 Å². The van der Waals surface area contributed by atoms with Crippen LogP contribution in [0.15, 0.2) is 42.5 Å². The van der Waals surface area contributed by atoms with E-state index in [1.165, 1.54) is 18.2 Å². The fourth-order valence-electron chi connectivity index (χ4n) is 1.34. The van der Waals surface area contributed by atoms with Crippen LogP contribution in [0.2, 0.25) is 5.02 Å². The van der Waals surface area contributed by atoms with Crippen molar-refractivity contribution in [1.29, 1.82) is 5.26 Å². The molecule has 0 aliphatic heterocycles. The quantitative estimate of drug-likeness (QED) is 0.799. The van der Waals surface area contributed by atoms with Gasteiger partial charge in [-0.05, 0) is 24.3 Å². The first-order valence-corrected chi connectivity index (χ1v) is 5.21. The number of rotatable bonds is 2. The third-order valence-electron chi connectivity index (χ3n) is 2.14. The number of nitriles is 1. The highest BCUT2D eigenvalue weighted by Crippen LogP contribution is 2.31. The predicted octanol–water partition coefficient (Wildman–Crippen LogP) is 4.14. The number of nitrogens with zero attached hydrogens (tertiary/aromatic N) is 1. The van der Waals surface area contributed by atoms with Gasteiger partial charge < -0.3 is 4.74 Å². The smallest absolute Gasteiger partial charge is 0.148 e. The molecule has 0 aromatic heterocycles. The van der Waals surface area contributed by atoms with Gasteiger partial charge in [-0.3, -0.25) is 0 Å². The van der Waals surface area contributed by atoms with Crippen molar-refractivity contribution in [3.63, 3.8) is 0 Å². The second kappa shape index (κ2) is 4.86. The Kier molecular flexibility index (Phi) is 3.27. The van der Waals surface area contributed by atoms with Crippen molar-refractivity contribution in [2.75, 3.05) is 0 Å². The minimum absolute atomic E-state index is 0.132. The van der Waals surface area contributed by atoms with E-state index < -0.39 is 5.82 Å². The van der Waals surface area contributed by atoms with Crippen LogP contribution in [0.3, 0.4) is 0 Å². The Balaban J connectivity index is 2.41. The molecule has 0 radical (unpaired) electrons. The molecule has 0 aliphatic carbocycles. The second-order valence-electron chi connectivity index (χ2n) is 3.26. The van der Waals surface area contributed by atoms with Crippen molar-refractivity contribution in [2.45, 2.75) is 0 Å². The first-order valence-electron chi connectivity index (χ1n) is 4.83. The summed E-state index contributed by atoms with van der Waals surface area (Å²) >= 11 is 5.91. The third kappa shape index (κ3) is 2.38. The molecule has 0 fully saturated rings. The molecule has 17 heavy (non-hydrogen) atoms. The zero-order valence-electron chi connectivity index (χ0n) is 8.65. The van der Waals surface area contributed by atoms with E-state index in [2.05, 4.69) is 0 Å². The lowest BCUT2D eigenvalue weighted by atomic mass is 10.2. The molecule has 0 spiro atoms. The van der Waals surface area contributed by atoms with E-state index in [4.69, 9.17) is 21.6 Å². The Bertz CT molecular complexity index is 592. The van der Waals surface area contributed by atoms with E-state index >= 15 is 0 Å². The van der Waals surface area contributed by atoms with E-state index in [-0.39, 0.29) is 11.3 Å². The van der Waals surface area contributed by atoms with Gasteiger partial charge >= 0.3 is 0 Å². The Morgan fingerprint density at radius 1 is 1.06 bits per heavy atom. The molecule has 0 amide bonds. The first kappa shape index (κ1) is 11.4. The number of benzene rings is 2. The number of halogens is 2. The van der Waals surface area contributed by atoms with Crippen LogP contribution in [-0.2, 0) is 0 Å². The topological polar surface area (TPSA) is 33.0 Å². The molecule has 2 nitrogen and oxygen atoms in total. The monoisotopic (exact) mass is 247 g/mol. The predicted molar refractivity (Wildman–Crippen MR) is 62.6 cm³/mol. The minimum atomic E-state index is -0.614. The summed E-state index contributed by atoms with van der Waals surface area (Å²) < 4.78 is 18.7. The molecular formula is C13H7ClFNO. The van der Waals surface area contributed by atoms with Crippen molar-refractivity contribution in [1.82, 2.24) is 0 Å². The van der Waals surface area contributed by atoms with E-state index in [9.17, 15) is 4.39 Å². The van der Waals surface area contributed by atoms with Gasteiger partial charge in [0.2, 0.25) is 0 Å². The molecule has 0 saturated carbocycles. The number of para-hydroxylation sites is 1.